The molecule has 0 atom stereocenters. The van der Waals surface area contributed by atoms with Crippen LogP contribution in [0.4, 0.5) is 5.95 Å². The molecule has 1 fully saturated rings. The molecule has 1 aromatic carbocycles. The molecule has 1 aliphatic rings. The first-order valence-corrected chi connectivity index (χ1v) is 9.53. The van der Waals surface area contributed by atoms with Gasteiger partial charge in [-0.05, 0) is 29.2 Å². The summed E-state index contributed by atoms with van der Waals surface area (Å²) < 4.78 is 0. The van der Waals surface area contributed by atoms with Gasteiger partial charge in [-0.3, -0.25) is 9.59 Å². The van der Waals surface area contributed by atoms with E-state index in [2.05, 4.69) is 41.0 Å². The van der Waals surface area contributed by atoms with Gasteiger partial charge < -0.3 is 15.1 Å². The monoisotopic (exact) mass is 381 g/mol. The van der Waals surface area contributed by atoms with E-state index in [1.54, 1.807) is 35.5 Å². The van der Waals surface area contributed by atoms with Gasteiger partial charge in [0.15, 0.2) is 0 Å². The zero-order chi connectivity index (χ0) is 20.1. The van der Waals surface area contributed by atoms with Crippen LogP contribution in [-0.2, 0) is 10.2 Å². The third-order valence-corrected chi connectivity index (χ3v) is 4.88. The van der Waals surface area contributed by atoms with E-state index in [1.165, 1.54) is 5.56 Å². The number of aromatic nitrogens is 2. The second-order valence-corrected chi connectivity index (χ2v) is 7.93. The molecular weight excluding hydrogens is 354 g/mol. The summed E-state index contributed by atoms with van der Waals surface area (Å²) in [5, 5.41) is 2.73. The highest BCUT2D eigenvalue weighted by Gasteiger charge is 2.23. The van der Waals surface area contributed by atoms with Crippen LogP contribution in [0.15, 0.2) is 42.7 Å². The van der Waals surface area contributed by atoms with Crippen molar-refractivity contribution >= 4 is 17.8 Å². The minimum Gasteiger partial charge on any atom is -0.343 e. The van der Waals surface area contributed by atoms with Crippen molar-refractivity contribution in [3.63, 3.8) is 0 Å². The molecule has 1 aromatic heterocycles. The maximum Gasteiger partial charge on any atom is 0.251 e. The summed E-state index contributed by atoms with van der Waals surface area (Å²) in [5.41, 5.74) is 1.77. The molecule has 28 heavy (non-hydrogen) atoms. The van der Waals surface area contributed by atoms with E-state index in [4.69, 9.17) is 0 Å². The van der Waals surface area contributed by atoms with Crippen molar-refractivity contribution in [3.8, 4) is 0 Å². The molecular formula is C21H27N5O2. The van der Waals surface area contributed by atoms with Gasteiger partial charge >= 0.3 is 0 Å². The molecule has 0 saturated carbocycles. The van der Waals surface area contributed by atoms with Crippen LogP contribution in [-0.4, -0.2) is 59.4 Å². The average Bonchev–Trinajstić information content (AvgIpc) is 2.72. The minimum atomic E-state index is -0.231. The quantitative estimate of drug-likeness (QED) is 0.875. The fourth-order valence-corrected chi connectivity index (χ4v) is 3.10. The Balaban J connectivity index is 1.47. The maximum absolute atomic E-state index is 12.4. The smallest absolute Gasteiger partial charge is 0.251 e. The fraction of sp³-hybridized carbons (Fsp3) is 0.429. The van der Waals surface area contributed by atoms with Gasteiger partial charge in [0.25, 0.3) is 5.91 Å². The van der Waals surface area contributed by atoms with E-state index in [-0.39, 0.29) is 23.8 Å². The fourth-order valence-electron chi connectivity index (χ4n) is 3.10. The molecule has 0 spiro atoms. The molecule has 2 aromatic rings. The Hall–Kier alpha value is -2.96. The van der Waals surface area contributed by atoms with Crippen LogP contribution < -0.4 is 10.2 Å². The van der Waals surface area contributed by atoms with Crippen LogP contribution >= 0.6 is 0 Å². The van der Waals surface area contributed by atoms with Crippen molar-refractivity contribution in [3.05, 3.63) is 53.9 Å². The van der Waals surface area contributed by atoms with Crippen molar-refractivity contribution in [2.45, 2.75) is 26.2 Å². The van der Waals surface area contributed by atoms with E-state index in [0.29, 0.717) is 37.7 Å². The predicted molar refractivity (Wildman–Crippen MR) is 108 cm³/mol. The van der Waals surface area contributed by atoms with Crippen molar-refractivity contribution in [1.29, 1.82) is 0 Å². The highest BCUT2D eigenvalue weighted by Crippen LogP contribution is 2.22. The Kier molecular flexibility index (Phi) is 5.92. The number of piperazine rings is 1. The first kappa shape index (κ1) is 19.8. The van der Waals surface area contributed by atoms with Crippen LogP contribution in [0.3, 0.4) is 0 Å². The van der Waals surface area contributed by atoms with Gasteiger partial charge in [-0.15, -0.1) is 0 Å². The molecule has 148 valence electrons. The van der Waals surface area contributed by atoms with Gasteiger partial charge in [-0.2, -0.15) is 0 Å². The number of amides is 2. The number of benzene rings is 1. The summed E-state index contributed by atoms with van der Waals surface area (Å²) in [7, 11) is 0. The van der Waals surface area contributed by atoms with Crippen molar-refractivity contribution in [2.24, 2.45) is 0 Å². The highest BCUT2D eigenvalue weighted by molar-refractivity contribution is 5.96. The molecule has 1 N–H and O–H groups in total. The molecule has 3 rings (SSSR count). The normalized spacial score (nSPS) is 14.7. The first-order chi connectivity index (χ1) is 13.3. The van der Waals surface area contributed by atoms with Crippen molar-refractivity contribution in [1.82, 2.24) is 20.2 Å². The standard InChI is InChI=1S/C21H27N5O2/c1-21(2,3)17-7-5-16(6-8-17)19(28)24-15-18(27)25-11-13-26(14-12-25)20-22-9-4-10-23-20/h4-10H,11-15H2,1-3H3,(H,24,28). The zero-order valence-electron chi connectivity index (χ0n) is 16.7. The maximum atomic E-state index is 12.4. The van der Waals surface area contributed by atoms with Gasteiger partial charge in [0.2, 0.25) is 11.9 Å². The Morgan fingerprint density at radius 2 is 1.61 bits per heavy atom. The number of carbonyl (C=O) groups excluding carboxylic acids is 2. The largest absolute Gasteiger partial charge is 0.343 e. The topological polar surface area (TPSA) is 78.4 Å². The summed E-state index contributed by atoms with van der Waals surface area (Å²) in [5.74, 6) is 0.375. The lowest BCUT2D eigenvalue weighted by Crippen LogP contribution is -2.51. The molecule has 1 aliphatic heterocycles. The lowest BCUT2D eigenvalue weighted by Gasteiger charge is -2.34. The highest BCUT2D eigenvalue weighted by atomic mass is 16.2. The third-order valence-electron chi connectivity index (χ3n) is 4.88. The molecule has 7 heteroatoms. The molecule has 0 bridgehead atoms. The summed E-state index contributed by atoms with van der Waals surface area (Å²) in [6, 6.07) is 9.31. The number of carbonyl (C=O) groups is 2. The number of nitrogens with zero attached hydrogens (tertiary/aromatic N) is 4. The van der Waals surface area contributed by atoms with Gasteiger partial charge in [-0.25, -0.2) is 9.97 Å². The number of rotatable bonds is 4. The van der Waals surface area contributed by atoms with Crippen molar-refractivity contribution < 1.29 is 9.59 Å². The van der Waals surface area contributed by atoms with Crippen LogP contribution in [0, 0.1) is 0 Å². The number of nitrogens with one attached hydrogen (secondary N) is 1. The molecule has 0 aliphatic carbocycles. The Morgan fingerprint density at radius 3 is 2.18 bits per heavy atom. The van der Waals surface area contributed by atoms with E-state index in [9.17, 15) is 9.59 Å². The van der Waals surface area contributed by atoms with Crippen LogP contribution in [0.2, 0.25) is 0 Å². The molecule has 1 saturated heterocycles. The first-order valence-electron chi connectivity index (χ1n) is 9.53. The van der Waals surface area contributed by atoms with Crippen molar-refractivity contribution in [2.75, 3.05) is 37.6 Å². The van der Waals surface area contributed by atoms with Gasteiger partial charge in [0.05, 0.1) is 6.54 Å². The Labute approximate surface area is 165 Å². The van der Waals surface area contributed by atoms with Crippen LogP contribution in [0.1, 0.15) is 36.7 Å². The summed E-state index contributed by atoms with van der Waals surface area (Å²) in [6.45, 7) is 8.93. The van der Waals surface area contributed by atoms with Gasteiger partial charge in [0.1, 0.15) is 0 Å². The van der Waals surface area contributed by atoms with E-state index in [0.717, 1.165) is 0 Å². The van der Waals surface area contributed by atoms with E-state index < -0.39 is 0 Å². The van der Waals surface area contributed by atoms with Gasteiger partial charge in [-0.1, -0.05) is 32.9 Å². The summed E-state index contributed by atoms with van der Waals surface area (Å²) >= 11 is 0. The summed E-state index contributed by atoms with van der Waals surface area (Å²) in [4.78, 5) is 37.1. The second kappa shape index (κ2) is 8.37. The third kappa shape index (κ3) is 4.85. The van der Waals surface area contributed by atoms with E-state index in [1.807, 2.05) is 12.1 Å². The number of hydrogen-bond acceptors (Lipinski definition) is 5. The molecule has 7 nitrogen and oxygen atoms in total. The predicted octanol–water partition coefficient (Wildman–Crippen LogP) is 1.85. The molecule has 0 unspecified atom stereocenters. The lowest BCUT2D eigenvalue weighted by atomic mass is 9.87. The van der Waals surface area contributed by atoms with Crippen LogP contribution in [0.5, 0.6) is 0 Å². The molecule has 2 amide bonds. The number of hydrogen-bond donors (Lipinski definition) is 1. The SMILES string of the molecule is CC(C)(C)c1ccc(C(=O)NCC(=O)N2CCN(c3ncccn3)CC2)cc1. The lowest BCUT2D eigenvalue weighted by molar-refractivity contribution is -0.130. The van der Waals surface area contributed by atoms with E-state index >= 15 is 0 Å². The zero-order valence-corrected chi connectivity index (χ0v) is 16.7. The Bertz CT molecular complexity index is 807. The van der Waals surface area contributed by atoms with Gasteiger partial charge in [0, 0.05) is 44.1 Å². The summed E-state index contributed by atoms with van der Waals surface area (Å²) in [6.07, 6.45) is 3.42. The Morgan fingerprint density at radius 1 is 1.00 bits per heavy atom. The van der Waals surface area contributed by atoms with Crippen LogP contribution in [0.25, 0.3) is 0 Å². The minimum absolute atomic E-state index is 0.00168. The average molecular weight is 381 g/mol. The number of anilines is 1. The second-order valence-electron chi connectivity index (χ2n) is 7.93. The molecule has 2 heterocycles. The molecule has 0 radical (unpaired) electrons.